The van der Waals surface area contributed by atoms with Crippen molar-refractivity contribution in [2.24, 2.45) is 5.73 Å². The number of ether oxygens (including phenoxy) is 2. The van der Waals surface area contributed by atoms with E-state index in [4.69, 9.17) is 20.3 Å². The Morgan fingerprint density at radius 1 is 1.18 bits per heavy atom. The lowest BCUT2D eigenvalue weighted by molar-refractivity contribution is -0.145. The van der Waals surface area contributed by atoms with E-state index >= 15 is 0 Å². The summed E-state index contributed by atoms with van der Waals surface area (Å²) in [6.45, 7) is 3.03. The van der Waals surface area contributed by atoms with Gasteiger partial charge in [0.2, 0.25) is 0 Å². The van der Waals surface area contributed by atoms with Crippen molar-refractivity contribution < 1.29 is 28.2 Å². The van der Waals surface area contributed by atoms with Gasteiger partial charge in [0.1, 0.15) is 5.75 Å². The minimum Gasteiger partial charge on any atom is -0.479 e. The monoisotopic (exact) mass is 453 g/mol. The van der Waals surface area contributed by atoms with Crippen LogP contribution in [0.15, 0.2) is 42.5 Å². The second-order valence-electron chi connectivity index (χ2n) is 7.19. The zero-order chi connectivity index (χ0) is 24.1. The van der Waals surface area contributed by atoms with Crippen LogP contribution in [0.2, 0.25) is 0 Å². The second-order valence-corrected chi connectivity index (χ2v) is 7.19. The molecule has 1 atom stereocenters. The summed E-state index contributed by atoms with van der Waals surface area (Å²) in [5.41, 5.74) is 7.76. The molecule has 0 amide bonds. The number of carboxylic acids is 1. The molecule has 170 valence electrons. The zero-order valence-electron chi connectivity index (χ0n) is 17.9. The van der Waals surface area contributed by atoms with Crippen LogP contribution < -0.4 is 15.2 Å². The third-order valence-electron chi connectivity index (χ3n) is 4.88. The third kappa shape index (κ3) is 5.25. The molecule has 3 rings (SSSR count). The Labute approximate surface area is 189 Å². The second kappa shape index (κ2) is 10.1. The van der Waals surface area contributed by atoms with E-state index in [2.05, 4.69) is 4.98 Å². The van der Waals surface area contributed by atoms with Gasteiger partial charge >= 0.3 is 5.97 Å². The van der Waals surface area contributed by atoms with Gasteiger partial charge in [-0.15, -0.1) is 0 Å². The van der Waals surface area contributed by atoms with Gasteiger partial charge in [-0.05, 0) is 54.3 Å². The molecule has 1 heterocycles. The van der Waals surface area contributed by atoms with Gasteiger partial charge in [0.25, 0.3) is 11.8 Å². The van der Waals surface area contributed by atoms with Crippen LogP contribution in [-0.2, 0) is 11.3 Å². The van der Waals surface area contributed by atoms with Crippen LogP contribution in [-0.4, -0.2) is 22.2 Å². The number of halogens is 2. The molecule has 1 unspecified atom stereocenters. The van der Waals surface area contributed by atoms with Crippen LogP contribution in [0.5, 0.6) is 17.5 Å². The van der Waals surface area contributed by atoms with E-state index in [0.29, 0.717) is 12.1 Å². The van der Waals surface area contributed by atoms with Crippen LogP contribution in [0, 0.1) is 29.9 Å². The van der Waals surface area contributed by atoms with Gasteiger partial charge in [0.15, 0.2) is 17.7 Å². The fraction of sp³-hybridized carbons (Fsp3) is 0.208. The molecule has 0 aliphatic carbocycles. The summed E-state index contributed by atoms with van der Waals surface area (Å²) >= 11 is 0. The number of pyridine rings is 1. The number of carbonyl (C=O) groups is 1. The number of nitrogens with two attached hydrogens (primary N) is 1. The fourth-order valence-corrected chi connectivity index (χ4v) is 3.08. The zero-order valence-corrected chi connectivity index (χ0v) is 17.9. The molecule has 0 aliphatic rings. The van der Waals surface area contributed by atoms with Gasteiger partial charge < -0.3 is 20.3 Å². The minimum absolute atomic E-state index is 0.0402. The largest absolute Gasteiger partial charge is 0.479 e. The molecule has 0 aliphatic heterocycles. The molecule has 0 radical (unpaired) electrons. The van der Waals surface area contributed by atoms with E-state index in [1.807, 2.05) is 30.3 Å². The number of aromatic nitrogens is 1. The number of benzene rings is 2. The SMILES string of the molecule is CCC(Oc1nc(Oc2cc(C#N)cc(-c3cccc(CN)c3)c2)c(F)c(C)c1F)C(=O)O. The lowest BCUT2D eigenvalue weighted by Gasteiger charge is -2.16. The van der Waals surface area contributed by atoms with E-state index in [-0.39, 0.29) is 17.7 Å². The smallest absolute Gasteiger partial charge is 0.344 e. The summed E-state index contributed by atoms with van der Waals surface area (Å²) in [5, 5.41) is 18.6. The first-order chi connectivity index (χ1) is 15.8. The highest BCUT2D eigenvalue weighted by Crippen LogP contribution is 2.33. The number of carboxylic acid groups (broad SMARTS) is 1. The molecule has 33 heavy (non-hydrogen) atoms. The maximum Gasteiger partial charge on any atom is 0.344 e. The highest BCUT2D eigenvalue weighted by molar-refractivity contribution is 5.72. The lowest BCUT2D eigenvalue weighted by Crippen LogP contribution is -2.27. The molecule has 9 heteroatoms. The van der Waals surface area contributed by atoms with Gasteiger partial charge in [-0.25, -0.2) is 13.6 Å². The number of rotatable bonds is 8. The Balaban J connectivity index is 2.03. The molecule has 3 N–H and O–H groups in total. The first-order valence-corrected chi connectivity index (χ1v) is 10.0. The molecule has 1 aromatic heterocycles. The number of nitrogens with zero attached hydrogens (tertiary/aromatic N) is 2. The molecular weight excluding hydrogens is 432 g/mol. The van der Waals surface area contributed by atoms with Crippen molar-refractivity contribution in [1.29, 1.82) is 5.26 Å². The summed E-state index contributed by atoms with van der Waals surface area (Å²) in [7, 11) is 0. The average molecular weight is 453 g/mol. The van der Waals surface area contributed by atoms with Gasteiger partial charge in [0, 0.05) is 12.1 Å². The van der Waals surface area contributed by atoms with Crippen molar-refractivity contribution in [3.05, 3.63) is 70.8 Å². The summed E-state index contributed by atoms with van der Waals surface area (Å²) in [6.07, 6.45) is -1.33. The standard InChI is InChI=1S/C24H21F2N3O4/c1-3-19(24(30)31)33-23-21(26)13(2)20(25)22(29-23)32-18-9-15(12-28)8-17(10-18)16-6-4-5-14(7-16)11-27/h4-10,19H,3,11,27H2,1-2H3,(H,30,31). The number of hydrogen-bond acceptors (Lipinski definition) is 6. The van der Waals surface area contributed by atoms with Crippen LogP contribution >= 0.6 is 0 Å². The Morgan fingerprint density at radius 3 is 2.55 bits per heavy atom. The average Bonchev–Trinajstić information content (AvgIpc) is 2.83. The van der Waals surface area contributed by atoms with Gasteiger partial charge in [-0.2, -0.15) is 10.2 Å². The fourth-order valence-electron chi connectivity index (χ4n) is 3.08. The van der Waals surface area contributed by atoms with Crippen molar-refractivity contribution in [3.63, 3.8) is 0 Å². The molecule has 0 spiro atoms. The highest BCUT2D eigenvalue weighted by atomic mass is 19.1. The van der Waals surface area contributed by atoms with Crippen molar-refractivity contribution in [3.8, 4) is 34.7 Å². The van der Waals surface area contributed by atoms with Crippen molar-refractivity contribution >= 4 is 5.97 Å². The highest BCUT2D eigenvalue weighted by Gasteiger charge is 2.25. The number of aliphatic carboxylic acids is 1. The maximum absolute atomic E-state index is 14.7. The van der Waals surface area contributed by atoms with E-state index in [1.54, 1.807) is 19.1 Å². The summed E-state index contributed by atoms with van der Waals surface area (Å²) in [5.74, 6) is -4.72. The van der Waals surface area contributed by atoms with Crippen LogP contribution in [0.25, 0.3) is 11.1 Å². The molecule has 3 aromatic rings. The third-order valence-corrected chi connectivity index (χ3v) is 4.88. The van der Waals surface area contributed by atoms with Crippen molar-refractivity contribution in [2.75, 3.05) is 0 Å². The van der Waals surface area contributed by atoms with Gasteiger partial charge in [-0.1, -0.05) is 25.1 Å². The van der Waals surface area contributed by atoms with E-state index < -0.39 is 41.0 Å². The lowest BCUT2D eigenvalue weighted by atomic mass is 10.0. The molecule has 0 bridgehead atoms. The number of nitriles is 1. The Bertz CT molecular complexity index is 1240. The van der Waals surface area contributed by atoms with E-state index in [9.17, 15) is 18.8 Å². The minimum atomic E-state index is -1.37. The summed E-state index contributed by atoms with van der Waals surface area (Å²) in [6, 6.07) is 13.9. The summed E-state index contributed by atoms with van der Waals surface area (Å²) in [4.78, 5) is 15.0. The molecule has 0 fully saturated rings. The van der Waals surface area contributed by atoms with Crippen LogP contribution in [0.3, 0.4) is 0 Å². The Morgan fingerprint density at radius 2 is 1.91 bits per heavy atom. The normalized spacial score (nSPS) is 11.5. The van der Waals surface area contributed by atoms with E-state index in [0.717, 1.165) is 18.1 Å². The van der Waals surface area contributed by atoms with E-state index in [1.165, 1.54) is 6.07 Å². The first-order valence-electron chi connectivity index (χ1n) is 10.0. The molecule has 0 saturated heterocycles. The topological polar surface area (TPSA) is 118 Å². The quantitative estimate of drug-likeness (QED) is 0.507. The van der Waals surface area contributed by atoms with Crippen LogP contribution in [0.1, 0.15) is 30.0 Å². The maximum atomic E-state index is 14.7. The Kier molecular flexibility index (Phi) is 7.20. The predicted molar refractivity (Wildman–Crippen MR) is 116 cm³/mol. The van der Waals surface area contributed by atoms with Gasteiger partial charge in [0.05, 0.1) is 11.6 Å². The van der Waals surface area contributed by atoms with Gasteiger partial charge in [-0.3, -0.25) is 0 Å². The first kappa shape index (κ1) is 23.6. The number of hydrogen-bond donors (Lipinski definition) is 2. The Hall–Kier alpha value is -4.03. The van der Waals surface area contributed by atoms with Crippen molar-refractivity contribution in [2.45, 2.75) is 32.9 Å². The molecule has 2 aromatic carbocycles. The molecule has 0 saturated carbocycles. The summed E-state index contributed by atoms with van der Waals surface area (Å²) < 4.78 is 39.9. The molecule has 7 nitrogen and oxygen atoms in total. The predicted octanol–water partition coefficient (Wildman–Crippen LogP) is 4.70. The van der Waals surface area contributed by atoms with Crippen LogP contribution in [0.4, 0.5) is 8.78 Å². The molecular formula is C24H21F2N3O4. The van der Waals surface area contributed by atoms with Crippen molar-refractivity contribution in [1.82, 2.24) is 4.98 Å².